The maximum Gasteiger partial charge on any atom is 0.309 e. The van der Waals surface area contributed by atoms with Crippen LogP contribution in [0.3, 0.4) is 0 Å². The molecular weight excluding hydrogens is 455 g/mol. The third kappa shape index (κ3) is 5.10. The number of non-ortho nitro benzene ring substituents is 1. The molecule has 0 aromatic heterocycles. The summed E-state index contributed by atoms with van der Waals surface area (Å²) < 4.78 is 32.3. The monoisotopic (exact) mass is 472 g/mol. The quantitative estimate of drug-likeness (QED) is 0.356. The normalized spacial score (nSPS) is 15.7. The summed E-state index contributed by atoms with van der Waals surface area (Å²) in [5, 5.41) is 11.0. The number of sulfonamides is 1. The van der Waals surface area contributed by atoms with Gasteiger partial charge in [0.1, 0.15) is 11.5 Å². The fraction of sp³-hybridized carbons (Fsp3) is 0.316. The van der Waals surface area contributed by atoms with Gasteiger partial charge in [0.05, 0.1) is 15.9 Å². The summed E-state index contributed by atoms with van der Waals surface area (Å²) in [6, 6.07) is 9.98. The van der Waals surface area contributed by atoms with Crippen molar-refractivity contribution in [2.75, 3.05) is 13.1 Å². The van der Waals surface area contributed by atoms with Gasteiger partial charge in [-0.05, 0) is 48.7 Å². The average Bonchev–Trinajstić information content (AvgIpc) is 2.74. The second-order valence-corrected chi connectivity index (χ2v) is 9.53. The third-order valence-electron chi connectivity index (χ3n) is 4.83. The number of rotatable bonds is 6. The fourth-order valence-corrected chi connectivity index (χ4v) is 5.34. The molecule has 11 heteroatoms. The number of ether oxygens (including phenoxy) is 1. The number of hydrogen-bond donors (Lipinski definition) is 0. The Labute approximate surface area is 183 Å². The number of carbonyl (C=O) groups excluding carboxylic acids is 1. The van der Waals surface area contributed by atoms with Gasteiger partial charge >= 0.3 is 5.97 Å². The molecule has 0 atom stereocenters. The number of benzene rings is 2. The molecule has 1 aliphatic heterocycles. The Morgan fingerprint density at radius 1 is 1.13 bits per heavy atom. The third-order valence-corrected chi connectivity index (χ3v) is 7.44. The van der Waals surface area contributed by atoms with Crippen LogP contribution in [0.15, 0.2) is 47.4 Å². The van der Waals surface area contributed by atoms with Gasteiger partial charge in [-0.15, -0.1) is 0 Å². The molecule has 0 N–H and O–H groups in total. The molecule has 1 fully saturated rings. The van der Waals surface area contributed by atoms with Gasteiger partial charge in [-0.2, -0.15) is 4.31 Å². The summed E-state index contributed by atoms with van der Waals surface area (Å²) >= 11 is 11.9. The number of nitro groups is 1. The minimum absolute atomic E-state index is 0.00649. The molecule has 0 bridgehead atoms. The lowest BCUT2D eigenvalue weighted by Crippen LogP contribution is -2.40. The summed E-state index contributed by atoms with van der Waals surface area (Å²) in [6.07, 6.45) is 0.632. The number of piperidine rings is 1. The van der Waals surface area contributed by atoms with Gasteiger partial charge in [0.25, 0.3) is 5.69 Å². The second kappa shape index (κ2) is 9.30. The average molecular weight is 473 g/mol. The van der Waals surface area contributed by atoms with Crippen molar-refractivity contribution >= 4 is 44.9 Å². The molecule has 0 aliphatic carbocycles. The van der Waals surface area contributed by atoms with Crippen molar-refractivity contribution in [1.29, 1.82) is 0 Å². The molecular formula is C19H18Cl2N2O6S. The molecule has 30 heavy (non-hydrogen) atoms. The van der Waals surface area contributed by atoms with E-state index in [1.54, 1.807) is 0 Å². The smallest absolute Gasteiger partial charge is 0.309 e. The van der Waals surface area contributed by atoms with Gasteiger partial charge < -0.3 is 4.74 Å². The van der Waals surface area contributed by atoms with Gasteiger partial charge in [-0.3, -0.25) is 14.9 Å². The zero-order valence-corrected chi connectivity index (χ0v) is 18.0. The SMILES string of the molecule is O=C(OCc1ccc([N+](=O)[O-])cc1)C1CCN(S(=O)(=O)c2cc(Cl)ccc2Cl)CC1. The van der Waals surface area contributed by atoms with Crippen LogP contribution in [0.2, 0.25) is 10.0 Å². The molecule has 0 amide bonds. The lowest BCUT2D eigenvalue weighted by molar-refractivity contribution is -0.384. The van der Waals surface area contributed by atoms with Crippen molar-refractivity contribution in [2.24, 2.45) is 5.92 Å². The molecule has 160 valence electrons. The van der Waals surface area contributed by atoms with Crippen LogP contribution in [0.25, 0.3) is 0 Å². The van der Waals surface area contributed by atoms with Crippen LogP contribution in [0.1, 0.15) is 18.4 Å². The summed E-state index contributed by atoms with van der Waals surface area (Å²) in [5.74, 6) is -0.851. The van der Waals surface area contributed by atoms with Crippen molar-refractivity contribution in [3.63, 3.8) is 0 Å². The molecule has 1 heterocycles. The second-order valence-electron chi connectivity index (χ2n) is 6.78. The van der Waals surface area contributed by atoms with Gasteiger partial charge in [0, 0.05) is 30.2 Å². The van der Waals surface area contributed by atoms with Crippen molar-refractivity contribution < 1.29 is 22.9 Å². The molecule has 1 saturated heterocycles. The minimum Gasteiger partial charge on any atom is -0.461 e. The topological polar surface area (TPSA) is 107 Å². The minimum atomic E-state index is -3.82. The van der Waals surface area contributed by atoms with Crippen LogP contribution in [0, 0.1) is 16.0 Å². The highest BCUT2D eigenvalue weighted by Crippen LogP contribution is 2.30. The van der Waals surface area contributed by atoms with E-state index in [9.17, 15) is 23.3 Å². The number of nitrogens with zero attached hydrogens (tertiary/aromatic N) is 2. The predicted molar refractivity (Wildman–Crippen MR) is 111 cm³/mol. The van der Waals surface area contributed by atoms with Crippen molar-refractivity contribution in [2.45, 2.75) is 24.3 Å². The van der Waals surface area contributed by atoms with E-state index in [1.807, 2.05) is 0 Å². The molecule has 0 unspecified atom stereocenters. The highest BCUT2D eigenvalue weighted by atomic mass is 35.5. The molecule has 0 spiro atoms. The highest BCUT2D eigenvalue weighted by molar-refractivity contribution is 7.89. The summed E-state index contributed by atoms with van der Waals surface area (Å²) in [6.45, 7) is 0.304. The molecule has 0 saturated carbocycles. The van der Waals surface area contributed by atoms with Crippen LogP contribution in [-0.4, -0.2) is 36.7 Å². The zero-order chi connectivity index (χ0) is 21.9. The largest absolute Gasteiger partial charge is 0.461 e. The molecule has 8 nitrogen and oxygen atoms in total. The van der Waals surface area contributed by atoms with Gasteiger partial charge in [-0.25, -0.2) is 8.42 Å². The van der Waals surface area contributed by atoms with E-state index < -0.39 is 26.8 Å². The Morgan fingerprint density at radius 3 is 2.37 bits per heavy atom. The first-order valence-electron chi connectivity index (χ1n) is 9.03. The Bertz CT molecular complexity index is 1050. The van der Waals surface area contributed by atoms with Crippen LogP contribution in [-0.2, 0) is 26.2 Å². The Balaban J connectivity index is 1.56. The predicted octanol–water partition coefficient (Wildman–Crippen LogP) is 4.05. The van der Waals surface area contributed by atoms with Gasteiger partial charge in [0.2, 0.25) is 10.0 Å². The maximum absolute atomic E-state index is 12.8. The summed E-state index contributed by atoms with van der Waals surface area (Å²) in [4.78, 5) is 22.4. The number of hydrogen-bond acceptors (Lipinski definition) is 6. The molecule has 3 rings (SSSR count). The van der Waals surface area contributed by atoms with E-state index in [-0.39, 0.29) is 40.3 Å². The van der Waals surface area contributed by atoms with E-state index in [1.165, 1.54) is 46.8 Å². The van der Waals surface area contributed by atoms with Crippen LogP contribution >= 0.6 is 23.2 Å². The standard InChI is InChI=1S/C19H18Cl2N2O6S/c20-15-3-6-17(21)18(11-15)30(27,28)22-9-7-14(8-10-22)19(24)29-12-13-1-4-16(5-2-13)23(25)26/h1-6,11,14H,7-10,12H2. The lowest BCUT2D eigenvalue weighted by Gasteiger charge is -2.30. The van der Waals surface area contributed by atoms with E-state index in [0.29, 0.717) is 18.4 Å². The maximum atomic E-state index is 12.8. The van der Waals surface area contributed by atoms with E-state index in [2.05, 4.69) is 0 Å². The van der Waals surface area contributed by atoms with Gasteiger partial charge in [0.15, 0.2) is 0 Å². The molecule has 1 aliphatic rings. The number of halogens is 2. The van der Waals surface area contributed by atoms with E-state index >= 15 is 0 Å². The number of carbonyl (C=O) groups is 1. The summed E-state index contributed by atoms with van der Waals surface area (Å²) in [7, 11) is -3.82. The number of nitro benzene ring substituents is 1. The van der Waals surface area contributed by atoms with Crippen molar-refractivity contribution in [3.05, 3.63) is 68.2 Å². The highest BCUT2D eigenvalue weighted by Gasteiger charge is 2.34. The van der Waals surface area contributed by atoms with Gasteiger partial charge in [-0.1, -0.05) is 23.2 Å². The molecule has 2 aromatic rings. The first-order chi connectivity index (χ1) is 14.2. The fourth-order valence-electron chi connectivity index (χ4n) is 3.13. The number of esters is 1. The first-order valence-corrected chi connectivity index (χ1v) is 11.2. The van der Waals surface area contributed by atoms with Crippen LogP contribution in [0.5, 0.6) is 0 Å². The Kier molecular flexibility index (Phi) is 6.97. The first kappa shape index (κ1) is 22.5. The van der Waals surface area contributed by atoms with Crippen molar-refractivity contribution in [1.82, 2.24) is 4.31 Å². The Hall–Kier alpha value is -2.20. The zero-order valence-electron chi connectivity index (χ0n) is 15.7. The van der Waals surface area contributed by atoms with Crippen molar-refractivity contribution in [3.8, 4) is 0 Å². The molecule has 2 aromatic carbocycles. The van der Waals surface area contributed by atoms with E-state index in [4.69, 9.17) is 27.9 Å². The summed E-state index contributed by atoms with van der Waals surface area (Å²) in [5.41, 5.74) is 0.586. The van der Waals surface area contributed by atoms with E-state index in [0.717, 1.165) is 0 Å². The molecule has 0 radical (unpaired) electrons. The van der Waals surface area contributed by atoms with Crippen LogP contribution in [0.4, 0.5) is 5.69 Å². The lowest BCUT2D eigenvalue weighted by atomic mass is 9.98. The Morgan fingerprint density at radius 2 is 1.77 bits per heavy atom. The van der Waals surface area contributed by atoms with Crippen LogP contribution < -0.4 is 0 Å².